The van der Waals surface area contributed by atoms with Gasteiger partial charge in [-0.15, -0.1) is 0 Å². The zero-order chi connectivity index (χ0) is 14.8. The molecule has 2 aliphatic rings. The number of amides is 2. The molecule has 1 atom stereocenters. The van der Waals surface area contributed by atoms with Crippen molar-refractivity contribution in [1.29, 1.82) is 0 Å². The van der Waals surface area contributed by atoms with Crippen molar-refractivity contribution < 1.29 is 14.3 Å². The van der Waals surface area contributed by atoms with Crippen LogP contribution in [0.25, 0.3) is 0 Å². The van der Waals surface area contributed by atoms with Crippen LogP contribution >= 0.6 is 0 Å². The summed E-state index contributed by atoms with van der Waals surface area (Å²) in [5.74, 6) is -0.133. The highest BCUT2D eigenvalue weighted by atomic mass is 16.5. The first-order chi connectivity index (χ1) is 9.45. The van der Waals surface area contributed by atoms with Crippen molar-refractivity contribution >= 4 is 11.8 Å². The lowest BCUT2D eigenvalue weighted by atomic mass is 10.0. The van der Waals surface area contributed by atoms with E-state index in [1.54, 1.807) is 4.90 Å². The summed E-state index contributed by atoms with van der Waals surface area (Å²) in [6.07, 6.45) is 2.08. The first-order valence-corrected chi connectivity index (χ1v) is 7.40. The predicted octanol–water partition coefficient (Wildman–Crippen LogP) is -0.119. The lowest BCUT2D eigenvalue weighted by molar-refractivity contribution is -0.152. The second-order valence-corrected chi connectivity index (χ2v) is 6.03. The highest BCUT2D eigenvalue weighted by Crippen LogP contribution is 2.20. The zero-order valence-electron chi connectivity index (χ0n) is 12.6. The van der Waals surface area contributed by atoms with Crippen LogP contribution in [-0.4, -0.2) is 60.6 Å². The standard InChI is InChI=1S/C14H25N3O3/c1-4-15-14(2,3)13(19)17-7-8-20-9-11(17)12(18)16-10-5-6-10/h10-11,15H,4-9H2,1-3H3,(H,16,18). The Morgan fingerprint density at radius 3 is 2.65 bits per heavy atom. The minimum atomic E-state index is -0.662. The van der Waals surface area contributed by atoms with Crippen molar-refractivity contribution in [3.8, 4) is 0 Å². The van der Waals surface area contributed by atoms with E-state index in [4.69, 9.17) is 4.74 Å². The van der Waals surface area contributed by atoms with Crippen molar-refractivity contribution in [2.75, 3.05) is 26.3 Å². The molecule has 1 saturated carbocycles. The third-order valence-electron chi connectivity index (χ3n) is 3.77. The monoisotopic (exact) mass is 283 g/mol. The van der Waals surface area contributed by atoms with E-state index in [1.807, 2.05) is 20.8 Å². The summed E-state index contributed by atoms with van der Waals surface area (Å²) in [6, 6.07) is -0.210. The van der Waals surface area contributed by atoms with E-state index in [1.165, 1.54) is 0 Å². The molecule has 1 aliphatic heterocycles. The van der Waals surface area contributed by atoms with Crippen LogP contribution in [0.4, 0.5) is 0 Å². The molecule has 0 radical (unpaired) electrons. The largest absolute Gasteiger partial charge is 0.377 e. The van der Waals surface area contributed by atoms with Gasteiger partial charge < -0.3 is 20.3 Å². The zero-order valence-corrected chi connectivity index (χ0v) is 12.6. The van der Waals surface area contributed by atoms with Gasteiger partial charge in [-0.1, -0.05) is 6.92 Å². The van der Waals surface area contributed by atoms with Gasteiger partial charge in [0.15, 0.2) is 0 Å². The van der Waals surface area contributed by atoms with Gasteiger partial charge in [0, 0.05) is 12.6 Å². The number of hydrogen-bond acceptors (Lipinski definition) is 4. The summed E-state index contributed by atoms with van der Waals surface area (Å²) >= 11 is 0. The molecule has 2 fully saturated rings. The van der Waals surface area contributed by atoms with E-state index < -0.39 is 11.6 Å². The fraction of sp³-hybridized carbons (Fsp3) is 0.857. The van der Waals surface area contributed by atoms with Gasteiger partial charge in [-0.2, -0.15) is 0 Å². The van der Waals surface area contributed by atoms with E-state index in [-0.39, 0.29) is 18.4 Å². The number of carbonyl (C=O) groups is 2. The first kappa shape index (κ1) is 15.3. The van der Waals surface area contributed by atoms with Gasteiger partial charge in [-0.25, -0.2) is 0 Å². The van der Waals surface area contributed by atoms with Crippen LogP contribution in [0.1, 0.15) is 33.6 Å². The van der Waals surface area contributed by atoms with Crippen LogP contribution in [0, 0.1) is 0 Å². The average molecular weight is 283 g/mol. The van der Waals surface area contributed by atoms with Crippen molar-refractivity contribution in [1.82, 2.24) is 15.5 Å². The third kappa shape index (κ3) is 3.49. The van der Waals surface area contributed by atoms with Gasteiger partial charge in [0.25, 0.3) is 0 Å². The maximum Gasteiger partial charge on any atom is 0.245 e. The molecule has 2 rings (SSSR count). The maximum absolute atomic E-state index is 12.7. The molecule has 1 unspecified atom stereocenters. The van der Waals surface area contributed by atoms with Gasteiger partial charge in [0.05, 0.1) is 18.8 Å². The fourth-order valence-corrected chi connectivity index (χ4v) is 2.47. The summed E-state index contributed by atoms with van der Waals surface area (Å²) < 4.78 is 5.38. The lowest BCUT2D eigenvalue weighted by Gasteiger charge is -2.39. The predicted molar refractivity (Wildman–Crippen MR) is 75.2 cm³/mol. The number of hydrogen-bond donors (Lipinski definition) is 2. The summed E-state index contributed by atoms with van der Waals surface area (Å²) in [7, 11) is 0. The van der Waals surface area contributed by atoms with Gasteiger partial charge in [-0.3, -0.25) is 9.59 Å². The van der Waals surface area contributed by atoms with Crippen molar-refractivity contribution in [3.63, 3.8) is 0 Å². The Kier molecular flexibility index (Phi) is 4.65. The Morgan fingerprint density at radius 2 is 2.05 bits per heavy atom. The quantitative estimate of drug-likeness (QED) is 0.738. The highest BCUT2D eigenvalue weighted by Gasteiger charge is 2.40. The summed E-state index contributed by atoms with van der Waals surface area (Å²) in [5, 5.41) is 6.13. The lowest BCUT2D eigenvalue weighted by Crippen LogP contribution is -2.63. The molecule has 1 heterocycles. The number of nitrogens with one attached hydrogen (secondary N) is 2. The topological polar surface area (TPSA) is 70.7 Å². The number of nitrogens with zero attached hydrogens (tertiary/aromatic N) is 1. The molecule has 20 heavy (non-hydrogen) atoms. The number of likely N-dealkylation sites (N-methyl/N-ethyl adjacent to an activating group) is 1. The minimum Gasteiger partial charge on any atom is -0.377 e. The molecule has 6 nitrogen and oxygen atoms in total. The molecule has 1 aliphatic carbocycles. The number of morpholine rings is 1. The van der Waals surface area contributed by atoms with Gasteiger partial charge in [-0.05, 0) is 33.2 Å². The van der Waals surface area contributed by atoms with Crippen LogP contribution in [0.15, 0.2) is 0 Å². The Balaban J connectivity index is 2.05. The molecule has 2 amide bonds. The Hall–Kier alpha value is -1.14. The molecule has 0 bridgehead atoms. The molecule has 0 aromatic carbocycles. The van der Waals surface area contributed by atoms with Gasteiger partial charge in [0.1, 0.15) is 6.04 Å². The Bertz CT molecular complexity index is 380. The molecule has 0 aromatic heterocycles. The number of carbonyl (C=O) groups excluding carboxylic acids is 2. The molecule has 0 spiro atoms. The Morgan fingerprint density at radius 1 is 1.35 bits per heavy atom. The van der Waals surface area contributed by atoms with E-state index in [9.17, 15) is 9.59 Å². The van der Waals surface area contributed by atoms with E-state index in [0.717, 1.165) is 12.8 Å². The molecule has 2 N–H and O–H groups in total. The van der Waals surface area contributed by atoms with E-state index in [0.29, 0.717) is 25.7 Å². The number of rotatable bonds is 5. The smallest absolute Gasteiger partial charge is 0.245 e. The molecule has 1 saturated heterocycles. The van der Waals surface area contributed by atoms with Gasteiger partial charge >= 0.3 is 0 Å². The number of ether oxygens (including phenoxy) is 1. The second kappa shape index (κ2) is 6.10. The molecule has 0 aromatic rings. The van der Waals surface area contributed by atoms with Crippen LogP contribution in [0.3, 0.4) is 0 Å². The summed E-state index contributed by atoms with van der Waals surface area (Å²) in [5.41, 5.74) is -0.662. The van der Waals surface area contributed by atoms with E-state index in [2.05, 4.69) is 10.6 Å². The SMILES string of the molecule is CCNC(C)(C)C(=O)N1CCOCC1C(=O)NC1CC1. The van der Waals surface area contributed by atoms with Crippen molar-refractivity contribution in [2.24, 2.45) is 0 Å². The minimum absolute atomic E-state index is 0.0430. The van der Waals surface area contributed by atoms with Crippen LogP contribution in [0.2, 0.25) is 0 Å². The summed E-state index contributed by atoms with van der Waals surface area (Å²) in [4.78, 5) is 26.6. The molecule has 114 valence electrons. The Labute approximate surface area is 120 Å². The fourth-order valence-electron chi connectivity index (χ4n) is 2.47. The molecule has 6 heteroatoms. The summed E-state index contributed by atoms with van der Waals surface area (Å²) in [6.45, 7) is 7.62. The molecular formula is C14H25N3O3. The average Bonchev–Trinajstić information content (AvgIpc) is 3.21. The van der Waals surface area contributed by atoms with Gasteiger partial charge in [0.2, 0.25) is 11.8 Å². The van der Waals surface area contributed by atoms with Crippen molar-refractivity contribution in [2.45, 2.75) is 51.2 Å². The van der Waals surface area contributed by atoms with E-state index >= 15 is 0 Å². The van der Waals surface area contributed by atoms with Crippen LogP contribution < -0.4 is 10.6 Å². The van der Waals surface area contributed by atoms with Crippen molar-refractivity contribution in [3.05, 3.63) is 0 Å². The normalized spacial score (nSPS) is 23.6. The first-order valence-electron chi connectivity index (χ1n) is 7.40. The second-order valence-electron chi connectivity index (χ2n) is 6.03. The maximum atomic E-state index is 12.7. The van der Waals surface area contributed by atoms with Crippen LogP contribution in [0.5, 0.6) is 0 Å². The van der Waals surface area contributed by atoms with Crippen LogP contribution in [-0.2, 0) is 14.3 Å². The molecular weight excluding hydrogens is 258 g/mol. The third-order valence-corrected chi connectivity index (χ3v) is 3.77. The highest BCUT2D eigenvalue weighted by molar-refractivity contribution is 5.92.